The lowest BCUT2D eigenvalue weighted by Crippen LogP contribution is -2.32. The van der Waals surface area contributed by atoms with Gasteiger partial charge >= 0.3 is 0 Å². The van der Waals surface area contributed by atoms with Crippen LogP contribution in [0.15, 0.2) is 59.5 Å². The van der Waals surface area contributed by atoms with Crippen LogP contribution in [0, 0.1) is 0 Å². The molecular weight excluding hydrogens is 330 g/mol. The Hall–Kier alpha value is -2.71. The Morgan fingerprint density at radius 1 is 0.875 bits per heavy atom. The van der Waals surface area contributed by atoms with Crippen LogP contribution in [0.3, 0.4) is 0 Å². The first kappa shape index (κ1) is 17.6. The first-order chi connectivity index (χ1) is 11.4. The Morgan fingerprint density at radius 2 is 1.46 bits per heavy atom. The summed E-state index contributed by atoms with van der Waals surface area (Å²) in [6, 6.07) is 14.4. The summed E-state index contributed by atoms with van der Waals surface area (Å²) < 4.78 is 26.5. The van der Waals surface area contributed by atoms with Gasteiger partial charge in [0.1, 0.15) is 0 Å². The molecule has 0 spiro atoms. The molecule has 8 heteroatoms. The molecule has 2 aromatic rings. The highest BCUT2D eigenvalue weighted by atomic mass is 32.2. The number of sulfonamides is 1. The average Bonchev–Trinajstić information content (AvgIpc) is 2.54. The van der Waals surface area contributed by atoms with E-state index in [9.17, 15) is 18.0 Å². The van der Waals surface area contributed by atoms with Crippen molar-refractivity contribution in [2.24, 2.45) is 0 Å². The minimum atomic E-state index is -3.82. The van der Waals surface area contributed by atoms with Gasteiger partial charge in [0.2, 0.25) is 21.8 Å². The van der Waals surface area contributed by atoms with Crippen LogP contribution < -0.4 is 15.4 Å². The maximum absolute atomic E-state index is 12.1. The van der Waals surface area contributed by atoms with E-state index in [-0.39, 0.29) is 17.3 Å². The van der Waals surface area contributed by atoms with Gasteiger partial charge in [0.25, 0.3) is 0 Å². The molecule has 126 valence electrons. The molecule has 0 aliphatic carbocycles. The third-order valence-corrected chi connectivity index (χ3v) is 4.38. The fourth-order valence-corrected chi connectivity index (χ4v) is 2.87. The number of carbonyl (C=O) groups excluding carboxylic acids is 2. The number of para-hydroxylation sites is 1. The van der Waals surface area contributed by atoms with Gasteiger partial charge in [-0.2, -0.15) is 0 Å². The highest BCUT2D eigenvalue weighted by Crippen LogP contribution is 2.14. The number of amides is 2. The smallest absolute Gasteiger partial charge is 0.241 e. The molecule has 2 rings (SSSR count). The highest BCUT2D eigenvalue weighted by molar-refractivity contribution is 7.89. The summed E-state index contributed by atoms with van der Waals surface area (Å²) in [7, 11) is -3.82. The van der Waals surface area contributed by atoms with Crippen LogP contribution in [-0.2, 0) is 19.6 Å². The quantitative estimate of drug-likeness (QED) is 0.737. The molecule has 0 saturated carbocycles. The molecule has 24 heavy (non-hydrogen) atoms. The lowest BCUT2D eigenvalue weighted by Gasteiger charge is -2.08. The summed E-state index contributed by atoms with van der Waals surface area (Å²) in [5.41, 5.74) is 1.07. The van der Waals surface area contributed by atoms with Crippen LogP contribution in [0.4, 0.5) is 11.4 Å². The van der Waals surface area contributed by atoms with Crippen LogP contribution in [0.2, 0.25) is 0 Å². The van der Waals surface area contributed by atoms with Gasteiger partial charge in [-0.15, -0.1) is 0 Å². The van der Waals surface area contributed by atoms with Gasteiger partial charge in [-0.3, -0.25) is 9.59 Å². The zero-order chi connectivity index (χ0) is 17.6. The number of benzene rings is 2. The van der Waals surface area contributed by atoms with Gasteiger partial charge in [-0.1, -0.05) is 18.2 Å². The molecule has 3 N–H and O–H groups in total. The standard InChI is InChI=1S/C16H17N3O4S/c1-12(20)18-14-7-9-15(10-8-14)24(22,23)17-11-16(21)19-13-5-3-2-4-6-13/h2-10,17H,11H2,1H3,(H,18,20)(H,19,21). The molecule has 7 nitrogen and oxygen atoms in total. The van der Waals surface area contributed by atoms with Crippen molar-refractivity contribution in [2.45, 2.75) is 11.8 Å². The van der Waals surface area contributed by atoms with Crippen molar-refractivity contribution < 1.29 is 18.0 Å². The molecule has 0 radical (unpaired) electrons. The van der Waals surface area contributed by atoms with Gasteiger partial charge in [-0.25, -0.2) is 13.1 Å². The maximum Gasteiger partial charge on any atom is 0.241 e. The predicted octanol–water partition coefficient (Wildman–Crippen LogP) is 1.56. The Morgan fingerprint density at radius 3 is 2.04 bits per heavy atom. The van der Waals surface area contributed by atoms with Crippen molar-refractivity contribution in [3.63, 3.8) is 0 Å². The van der Waals surface area contributed by atoms with Gasteiger partial charge < -0.3 is 10.6 Å². The van der Waals surface area contributed by atoms with E-state index in [0.717, 1.165) is 0 Å². The average molecular weight is 347 g/mol. The zero-order valence-corrected chi connectivity index (χ0v) is 13.8. The van der Waals surface area contributed by atoms with Gasteiger partial charge in [-0.05, 0) is 36.4 Å². The topological polar surface area (TPSA) is 104 Å². The summed E-state index contributed by atoms with van der Waals surface area (Å²) in [5.74, 6) is -0.721. The normalized spacial score (nSPS) is 10.9. The number of nitrogens with one attached hydrogen (secondary N) is 3. The first-order valence-electron chi connectivity index (χ1n) is 7.09. The fourth-order valence-electron chi connectivity index (χ4n) is 1.89. The number of rotatable bonds is 6. The molecule has 2 aromatic carbocycles. The summed E-state index contributed by atoms with van der Waals surface area (Å²) in [6.45, 7) is 0.974. The summed E-state index contributed by atoms with van der Waals surface area (Å²) in [6.07, 6.45) is 0. The minimum absolute atomic E-state index is 0.00381. The van der Waals surface area contributed by atoms with E-state index < -0.39 is 15.9 Å². The second-order valence-electron chi connectivity index (χ2n) is 4.94. The minimum Gasteiger partial charge on any atom is -0.326 e. The van der Waals surface area contributed by atoms with Crippen molar-refractivity contribution in [1.82, 2.24) is 4.72 Å². The second-order valence-corrected chi connectivity index (χ2v) is 6.71. The summed E-state index contributed by atoms with van der Waals surface area (Å²) in [4.78, 5) is 22.7. The van der Waals surface area contributed by atoms with E-state index in [0.29, 0.717) is 11.4 Å². The van der Waals surface area contributed by atoms with Crippen molar-refractivity contribution in [3.05, 3.63) is 54.6 Å². The lowest BCUT2D eigenvalue weighted by atomic mass is 10.3. The van der Waals surface area contributed by atoms with Crippen molar-refractivity contribution in [2.75, 3.05) is 17.2 Å². The van der Waals surface area contributed by atoms with Gasteiger partial charge in [0.15, 0.2) is 0 Å². The molecule has 0 aliphatic rings. The summed E-state index contributed by atoms with van der Waals surface area (Å²) >= 11 is 0. The Bertz CT molecular complexity index is 818. The third kappa shape index (κ3) is 5.18. The zero-order valence-electron chi connectivity index (χ0n) is 12.9. The van der Waals surface area contributed by atoms with E-state index in [2.05, 4.69) is 15.4 Å². The number of hydrogen-bond donors (Lipinski definition) is 3. The first-order valence-corrected chi connectivity index (χ1v) is 8.57. The van der Waals surface area contributed by atoms with Crippen LogP contribution >= 0.6 is 0 Å². The number of anilines is 2. The van der Waals surface area contributed by atoms with Crippen molar-refractivity contribution >= 4 is 33.2 Å². The Labute approximate surface area is 140 Å². The number of carbonyl (C=O) groups is 2. The van der Waals surface area contributed by atoms with Crippen molar-refractivity contribution in [3.8, 4) is 0 Å². The second kappa shape index (κ2) is 7.71. The van der Waals surface area contributed by atoms with Crippen molar-refractivity contribution in [1.29, 1.82) is 0 Å². The monoisotopic (exact) mass is 347 g/mol. The van der Waals surface area contributed by atoms with Gasteiger partial charge in [0, 0.05) is 18.3 Å². The third-order valence-electron chi connectivity index (χ3n) is 2.97. The van der Waals surface area contributed by atoms with E-state index in [1.54, 1.807) is 24.3 Å². The van der Waals surface area contributed by atoms with Crippen LogP contribution in [0.1, 0.15) is 6.92 Å². The SMILES string of the molecule is CC(=O)Nc1ccc(S(=O)(=O)NCC(=O)Nc2ccccc2)cc1. The molecule has 0 bridgehead atoms. The molecule has 0 fully saturated rings. The van der Waals surface area contributed by atoms with E-state index in [4.69, 9.17) is 0 Å². The molecular formula is C16H17N3O4S. The van der Waals surface area contributed by atoms with E-state index in [1.165, 1.54) is 31.2 Å². The van der Waals surface area contributed by atoms with Gasteiger partial charge in [0.05, 0.1) is 11.4 Å². The molecule has 0 aliphatic heterocycles. The van der Waals surface area contributed by atoms with Crippen LogP contribution in [0.5, 0.6) is 0 Å². The molecule has 2 amide bonds. The predicted molar refractivity (Wildman–Crippen MR) is 91.0 cm³/mol. The highest BCUT2D eigenvalue weighted by Gasteiger charge is 2.15. The Balaban J connectivity index is 1.95. The molecule has 0 unspecified atom stereocenters. The summed E-state index contributed by atoms with van der Waals surface area (Å²) in [5, 5.41) is 5.13. The van der Waals surface area contributed by atoms with E-state index in [1.807, 2.05) is 6.07 Å². The molecule has 0 atom stereocenters. The molecule has 0 heterocycles. The van der Waals surface area contributed by atoms with E-state index >= 15 is 0 Å². The molecule has 0 saturated heterocycles. The largest absolute Gasteiger partial charge is 0.326 e. The maximum atomic E-state index is 12.1. The number of hydrogen-bond acceptors (Lipinski definition) is 4. The fraction of sp³-hybridized carbons (Fsp3) is 0.125. The lowest BCUT2D eigenvalue weighted by molar-refractivity contribution is -0.115. The van der Waals surface area contributed by atoms with Crippen LogP contribution in [0.25, 0.3) is 0 Å². The molecule has 0 aromatic heterocycles. The van der Waals surface area contributed by atoms with Crippen LogP contribution in [-0.4, -0.2) is 26.8 Å². The Kier molecular flexibility index (Phi) is 5.67.